The third-order valence-corrected chi connectivity index (χ3v) is 3.56. The van der Waals surface area contributed by atoms with Crippen molar-refractivity contribution in [2.24, 2.45) is 0 Å². The van der Waals surface area contributed by atoms with Gasteiger partial charge in [-0.15, -0.1) is 11.8 Å². The molecule has 0 saturated carbocycles. The van der Waals surface area contributed by atoms with Gasteiger partial charge in [0, 0.05) is 33.1 Å². The smallest absolute Gasteiger partial charge is 0.216 e. The highest BCUT2D eigenvalue weighted by atomic mass is 35.5. The van der Waals surface area contributed by atoms with Crippen molar-refractivity contribution in [1.82, 2.24) is 4.98 Å². The second-order valence-electron chi connectivity index (χ2n) is 3.42. The lowest BCUT2D eigenvalue weighted by Crippen LogP contribution is -1.92. The summed E-state index contributed by atoms with van der Waals surface area (Å²) >= 11 is 7.26. The van der Waals surface area contributed by atoms with Crippen LogP contribution in [0, 0.1) is 5.95 Å². The average Bonchev–Trinajstić information content (AvgIpc) is 2.30. The number of halogens is 2. The monoisotopic (exact) mass is 284 g/mol. The number of hydrogen-bond donors (Lipinski definition) is 1. The van der Waals surface area contributed by atoms with Crippen molar-refractivity contribution < 1.29 is 4.39 Å². The molecule has 1 aromatic heterocycles. The van der Waals surface area contributed by atoms with Gasteiger partial charge in [-0.1, -0.05) is 25.1 Å². The molecule has 5 heteroatoms. The molecule has 0 unspecified atom stereocenters. The molecule has 2 aromatic rings. The van der Waals surface area contributed by atoms with Crippen molar-refractivity contribution >= 4 is 29.1 Å². The van der Waals surface area contributed by atoms with Crippen LogP contribution in [0.5, 0.6) is 0 Å². The van der Waals surface area contributed by atoms with Crippen molar-refractivity contribution in [1.29, 1.82) is 0 Å². The molecule has 2 N–H and O–H groups in total. The van der Waals surface area contributed by atoms with Gasteiger partial charge in [-0.2, -0.15) is 4.39 Å². The topological polar surface area (TPSA) is 38.9 Å². The fourth-order valence-corrected chi connectivity index (χ4v) is 2.43. The molecule has 1 heterocycles. The average molecular weight is 285 g/mol. The highest BCUT2D eigenvalue weighted by Gasteiger charge is 2.05. The summed E-state index contributed by atoms with van der Waals surface area (Å²) < 4.78 is 13.3. The molecule has 0 aliphatic rings. The van der Waals surface area contributed by atoms with E-state index in [4.69, 9.17) is 17.3 Å². The normalized spacial score (nSPS) is 9.89. The van der Waals surface area contributed by atoms with Gasteiger partial charge in [-0.3, -0.25) is 0 Å². The molecule has 2 rings (SSSR count). The van der Waals surface area contributed by atoms with Gasteiger partial charge >= 0.3 is 0 Å². The standard InChI is InChI=1S/C12H10ClFN2S.CH4/c13-9-3-4-11(10(15)6-9)17-7-8-2-1-5-16-12(8)14;/h1-6H,7,15H2;1H4. The van der Waals surface area contributed by atoms with Crippen molar-refractivity contribution in [3.63, 3.8) is 0 Å². The van der Waals surface area contributed by atoms with E-state index in [1.165, 1.54) is 18.0 Å². The molecular formula is C13H14ClFN2S. The van der Waals surface area contributed by atoms with E-state index in [-0.39, 0.29) is 7.43 Å². The Morgan fingerprint density at radius 3 is 2.78 bits per heavy atom. The summed E-state index contributed by atoms with van der Waals surface area (Å²) in [6, 6.07) is 8.70. The lowest BCUT2D eigenvalue weighted by Gasteiger charge is -2.06. The summed E-state index contributed by atoms with van der Waals surface area (Å²) in [6.45, 7) is 0. The van der Waals surface area contributed by atoms with Crippen LogP contribution in [-0.2, 0) is 5.75 Å². The first kappa shape index (κ1) is 14.8. The number of benzene rings is 1. The van der Waals surface area contributed by atoms with Crippen molar-refractivity contribution in [3.05, 3.63) is 53.1 Å². The summed E-state index contributed by atoms with van der Waals surface area (Å²) in [5.41, 5.74) is 6.97. The lowest BCUT2D eigenvalue weighted by molar-refractivity contribution is 0.573. The molecule has 0 aliphatic carbocycles. The van der Waals surface area contributed by atoms with Crippen LogP contribution in [0.3, 0.4) is 0 Å². The molecule has 0 saturated heterocycles. The van der Waals surface area contributed by atoms with Crippen LogP contribution < -0.4 is 5.73 Å². The molecule has 1 aromatic carbocycles. The van der Waals surface area contributed by atoms with Crippen LogP contribution in [0.4, 0.5) is 10.1 Å². The molecule has 18 heavy (non-hydrogen) atoms. The summed E-state index contributed by atoms with van der Waals surface area (Å²) in [6.07, 6.45) is 1.43. The fourth-order valence-electron chi connectivity index (χ4n) is 1.33. The first-order chi connectivity index (χ1) is 8.16. The number of aromatic nitrogens is 1. The summed E-state index contributed by atoms with van der Waals surface area (Å²) in [4.78, 5) is 4.48. The number of nitrogens with two attached hydrogens (primary N) is 1. The second-order valence-corrected chi connectivity index (χ2v) is 4.88. The number of pyridine rings is 1. The predicted molar refractivity (Wildman–Crippen MR) is 76.4 cm³/mol. The Labute approximate surface area is 115 Å². The zero-order valence-electron chi connectivity index (χ0n) is 8.86. The van der Waals surface area contributed by atoms with Gasteiger partial charge in [-0.05, 0) is 24.3 Å². The van der Waals surface area contributed by atoms with E-state index in [1.807, 2.05) is 6.07 Å². The van der Waals surface area contributed by atoms with E-state index in [1.54, 1.807) is 24.3 Å². The molecule has 2 nitrogen and oxygen atoms in total. The van der Waals surface area contributed by atoms with Gasteiger partial charge < -0.3 is 5.73 Å². The number of nitrogens with zero attached hydrogens (tertiary/aromatic N) is 1. The molecule has 0 fully saturated rings. The van der Waals surface area contributed by atoms with Gasteiger partial charge in [0.2, 0.25) is 5.95 Å². The largest absolute Gasteiger partial charge is 0.398 e. The number of anilines is 1. The third-order valence-electron chi connectivity index (χ3n) is 2.19. The van der Waals surface area contributed by atoms with Crippen LogP contribution in [0.2, 0.25) is 5.02 Å². The van der Waals surface area contributed by atoms with Crippen LogP contribution in [-0.4, -0.2) is 4.98 Å². The van der Waals surface area contributed by atoms with E-state index < -0.39 is 5.95 Å². The Morgan fingerprint density at radius 2 is 2.11 bits per heavy atom. The van der Waals surface area contributed by atoms with Crippen molar-refractivity contribution in [3.8, 4) is 0 Å². The highest BCUT2D eigenvalue weighted by molar-refractivity contribution is 7.98. The maximum Gasteiger partial charge on any atom is 0.216 e. The van der Waals surface area contributed by atoms with Gasteiger partial charge in [-0.25, -0.2) is 4.98 Å². The number of rotatable bonds is 3. The highest BCUT2D eigenvalue weighted by Crippen LogP contribution is 2.30. The Hall–Kier alpha value is -1.26. The van der Waals surface area contributed by atoms with E-state index in [2.05, 4.69) is 4.98 Å². The molecule has 96 valence electrons. The molecule has 0 bridgehead atoms. The first-order valence-electron chi connectivity index (χ1n) is 4.94. The van der Waals surface area contributed by atoms with Gasteiger partial charge in [0.25, 0.3) is 0 Å². The summed E-state index contributed by atoms with van der Waals surface area (Å²) in [5.74, 6) is 0.0541. The first-order valence-corrected chi connectivity index (χ1v) is 6.30. The molecular weight excluding hydrogens is 271 g/mol. The number of hydrogen-bond acceptors (Lipinski definition) is 3. The SMILES string of the molecule is C.Nc1cc(Cl)ccc1SCc1cccnc1F. The zero-order valence-corrected chi connectivity index (χ0v) is 10.4. The van der Waals surface area contributed by atoms with Gasteiger partial charge in [0.1, 0.15) is 0 Å². The van der Waals surface area contributed by atoms with E-state index in [0.29, 0.717) is 22.0 Å². The van der Waals surface area contributed by atoms with E-state index >= 15 is 0 Å². The zero-order chi connectivity index (χ0) is 12.3. The number of nitrogen functional groups attached to an aromatic ring is 1. The van der Waals surface area contributed by atoms with E-state index in [9.17, 15) is 4.39 Å². The maximum absolute atomic E-state index is 13.3. The minimum Gasteiger partial charge on any atom is -0.398 e. The Bertz CT molecular complexity index is 534. The van der Waals surface area contributed by atoms with Crippen molar-refractivity contribution in [2.45, 2.75) is 18.1 Å². The Morgan fingerprint density at radius 1 is 1.33 bits per heavy atom. The lowest BCUT2D eigenvalue weighted by atomic mass is 10.3. The quantitative estimate of drug-likeness (QED) is 0.516. The molecule has 0 spiro atoms. The Kier molecular flexibility index (Phi) is 5.44. The Balaban J connectivity index is 0.00000162. The fraction of sp³-hybridized carbons (Fsp3) is 0.154. The summed E-state index contributed by atoms with van der Waals surface area (Å²) in [5, 5.41) is 0.597. The second kappa shape index (κ2) is 6.61. The molecule has 0 aliphatic heterocycles. The van der Waals surface area contributed by atoms with E-state index in [0.717, 1.165) is 4.90 Å². The maximum atomic E-state index is 13.3. The van der Waals surface area contributed by atoms with Crippen LogP contribution in [0.25, 0.3) is 0 Å². The van der Waals surface area contributed by atoms with Crippen molar-refractivity contribution in [2.75, 3.05) is 5.73 Å². The third kappa shape index (κ3) is 3.62. The van der Waals surface area contributed by atoms with Gasteiger partial charge in [0.15, 0.2) is 0 Å². The predicted octanol–water partition coefficient (Wildman–Crippen LogP) is 4.38. The van der Waals surface area contributed by atoms with Crippen LogP contribution in [0.1, 0.15) is 13.0 Å². The number of thioether (sulfide) groups is 1. The molecule has 0 atom stereocenters. The molecule has 0 amide bonds. The minimum absolute atomic E-state index is 0. The van der Waals surface area contributed by atoms with Gasteiger partial charge in [0.05, 0.1) is 0 Å². The van der Waals surface area contributed by atoms with Crippen LogP contribution in [0.15, 0.2) is 41.4 Å². The van der Waals surface area contributed by atoms with Crippen LogP contribution >= 0.6 is 23.4 Å². The minimum atomic E-state index is -0.437. The molecule has 0 radical (unpaired) electrons. The summed E-state index contributed by atoms with van der Waals surface area (Å²) in [7, 11) is 0.